The van der Waals surface area contributed by atoms with Crippen LogP contribution in [-0.2, 0) is 22.5 Å². The maximum atomic E-state index is 14.3. The highest BCUT2D eigenvalue weighted by atomic mass is 79.9. The molecule has 2 N–H and O–H groups in total. The average Bonchev–Trinajstić information content (AvgIpc) is 3.39. The molecular weight excluding hydrogens is 639 g/mol. The highest BCUT2D eigenvalue weighted by Gasteiger charge is 2.53. The van der Waals surface area contributed by atoms with E-state index < -0.39 is 11.6 Å². The maximum absolute atomic E-state index is 14.3. The molecule has 0 saturated heterocycles. The van der Waals surface area contributed by atoms with Crippen LogP contribution in [0.1, 0.15) is 34.8 Å². The van der Waals surface area contributed by atoms with Gasteiger partial charge in [0, 0.05) is 46.1 Å². The van der Waals surface area contributed by atoms with E-state index in [-0.39, 0.29) is 19.1 Å². The van der Waals surface area contributed by atoms with Gasteiger partial charge >= 0.3 is 0 Å². The van der Waals surface area contributed by atoms with Gasteiger partial charge in [-0.05, 0) is 65.2 Å². The van der Waals surface area contributed by atoms with Crippen molar-refractivity contribution in [3.05, 3.63) is 134 Å². The van der Waals surface area contributed by atoms with Gasteiger partial charge in [0.1, 0.15) is 5.75 Å². The lowest BCUT2D eigenvalue weighted by molar-refractivity contribution is -0.129. The van der Waals surface area contributed by atoms with Gasteiger partial charge < -0.3 is 19.9 Å². The third-order valence-electron chi connectivity index (χ3n) is 6.97. The molecule has 0 aliphatic carbocycles. The zero-order valence-corrected chi connectivity index (χ0v) is 25.7. The summed E-state index contributed by atoms with van der Waals surface area (Å²) in [6.45, 7) is 0.678. The standard InChI is InChI=1S/C33H29BrCl2N2O4/c34-26-12-7-22(8-13-26)20-33(32(40)37-21-25-9-14-27(35)19-29(25)36)30(23-5-2-1-3-6-23)42-31(38-33)24-10-15-28(16-11-24)41-18-4-17-39/h1-3,5-16,19,30,39H,4,17-18,20-21H2,(H,37,40)/t30-,33-/m1/s1. The normalized spacial score (nSPS) is 17.8. The first-order valence-electron chi connectivity index (χ1n) is 13.5. The quantitative estimate of drug-likeness (QED) is 0.164. The molecule has 1 heterocycles. The van der Waals surface area contributed by atoms with Gasteiger partial charge in [0.15, 0.2) is 11.6 Å². The SMILES string of the molecule is O=C(NCc1ccc(Cl)cc1Cl)[C@]1(Cc2ccc(Br)cc2)N=C(c2ccc(OCCCO)cc2)O[C@@H]1c1ccccc1. The molecule has 216 valence electrons. The van der Waals surface area contributed by atoms with Crippen molar-refractivity contribution in [3.8, 4) is 5.75 Å². The number of hydrogen-bond acceptors (Lipinski definition) is 5. The number of aliphatic imine (C=N–C) groups is 1. The number of halogens is 3. The van der Waals surface area contributed by atoms with E-state index in [4.69, 9.17) is 42.8 Å². The molecule has 9 heteroatoms. The van der Waals surface area contributed by atoms with Crippen LogP contribution in [0, 0.1) is 0 Å². The summed E-state index contributed by atoms with van der Waals surface area (Å²) < 4.78 is 13.2. The second-order valence-corrected chi connectivity index (χ2v) is 11.7. The number of aliphatic hydroxyl groups excluding tert-OH is 1. The Balaban J connectivity index is 1.54. The Morgan fingerprint density at radius 2 is 1.74 bits per heavy atom. The number of rotatable bonds is 11. The van der Waals surface area contributed by atoms with Gasteiger partial charge in [-0.3, -0.25) is 4.79 Å². The number of carbonyl (C=O) groups is 1. The number of hydrogen-bond donors (Lipinski definition) is 2. The third-order valence-corrected chi connectivity index (χ3v) is 8.09. The fourth-order valence-electron chi connectivity index (χ4n) is 4.82. The molecule has 6 nitrogen and oxygen atoms in total. The first kappa shape index (κ1) is 30.1. The number of aliphatic hydroxyl groups is 1. The summed E-state index contributed by atoms with van der Waals surface area (Å²) in [6, 6.07) is 30.1. The zero-order chi connectivity index (χ0) is 29.5. The summed E-state index contributed by atoms with van der Waals surface area (Å²) in [5, 5.41) is 13.1. The van der Waals surface area contributed by atoms with Crippen LogP contribution in [0.3, 0.4) is 0 Å². The molecule has 1 amide bonds. The monoisotopic (exact) mass is 666 g/mol. The van der Waals surface area contributed by atoms with Crippen molar-refractivity contribution in [3.63, 3.8) is 0 Å². The fraction of sp³-hybridized carbons (Fsp3) is 0.212. The van der Waals surface area contributed by atoms with Crippen molar-refractivity contribution < 1.29 is 19.4 Å². The van der Waals surface area contributed by atoms with Crippen LogP contribution in [0.4, 0.5) is 0 Å². The molecule has 0 bridgehead atoms. The van der Waals surface area contributed by atoms with Crippen molar-refractivity contribution in [1.82, 2.24) is 5.32 Å². The molecule has 0 aromatic heterocycles. The summed E-state index contributed by atoms with van der Waals surface area (Å²) in [7, 11) is 0. The smallest absolute Gasteiger partial charge is 0.252 e. The molecule has 1 aliphatic rings. The van der Waals surface area contributed by atoms with Gasteiger partial charge in [-0.15, -0.1) is 0 Å². The van der Waals surface area contributed by atoms with Crippen LogP contribution in [0.15, 0.2) is 107 Å². The number of ether oxygens (including phenoxy) is 2. The Bertz CT molecular complexity index is 1550. The van der Waals surface area contributed by atoms with Gasteiger partial charge in [-0.1, -0.05) is 87.7 Å². The van der Waals surface area contributed by atoms with Crippen molar-refractivity contribution >= 4 is 50.9 Å². The second-order valence-electron chi connectivity index (χ2n) is 9.92. The zero-order valence-electron chi connectivity index (χ0n) is 22.6. The van der Waals surface area contributed by atoms with E-state index in [1.165, 1.54) is 0 Å². The van der Waals surface area contributed by atoms with Gasteiger partial charge in [0.05, 0.1) is 6.61 Å². The van der Waals surface area contributed by atoms with E-state index in [1.54, 1.807) is 18.2 Å². The lowest BCUT2D eigenvalue weighted by Gasteiger charge is -2.31. The third kappa shape index (κ3) is 6.98. The average molecular weight is 668 g/mol. The highest BCUT2D eigenvalue weighted by molar-refractivity contribution is 9.10. The predicted molar refractivity (Wildman–Crippen MR) is 169 cm³/mol. The van der Waals surface area contributed by atoms with E-state index in [9.17, 15) is 4.79 Å². The summed E-state index contributed by atoms with van der Waals surface area (Å²) in [6.07, 6.45) is 0.149. The number of amides is 1. The molecule has 0 saturated carbocycles. The van der Waals surface area contributed by atoms with Gasteiger partial charge in [0.25, 0.3) is 5.91 Å². The minimum atomic E-state index is -1.32. The van der Waals surface area contributed by atoms with Crippen LogP contribution < -0.4 is 10.1 Å². The van der Waals surface area contributed by atoms with E-state index in [2.05, 4.69) is 21.2 Å². The first-order chi connectivity index (χ1) is 20.4. The van der Waals surface area contributed by atoms with Crippen LogP contribution in [0.5, 0.6) is 5.75 Å². The Morgan fingerprint density at radius 1 is 1.00 bits per heavy atom. The lowest BCUT2D eigenvalue weighted by Crippen LogP contribution is -2.49. The molecule has 0 spiro atoms. The van der Waals surface area contributed by atoms with Crippen molar-refractivity contribution in [2.75, 3.05) is 13.2 Å². The Labute approximate surface area is 263 Å². The molecule has 0 unspecified atom stereocenters. The summed E-state index contributed by atoms with van der Waals surface area (Å²) in [5.41, 5.74) is 1.90. The first-order valence-corrected chi connectivity index (χ1v) is 15.0. The van der Waals surface area contributed by atoms with Gasteiger partial charge in [-0.2, -0.15) is 0 Å². The molecule has 4 aromatic carbocycles. The van der Waals surface area contributed by atoms with Crippen LogP contribution in [-0.4, -0.2) is 35.7 Å². The van der Waals surface area contributed by atoms with Crippen molar-refractivity contribution in [1.29, 1.82) is 0 Å². The molecular formula is C33H29BrCl2N2O4. The maximum Gasteiger partial charge on any atom is 0.252 e. The van der Waals surface area contributed by atoms with E-state index in [1.807, 2.05) is 78.9 Å². The number of benzene rings is 4. The fourth-order valence-corrected chi connectivity index (χ4v) is 5.56. The summed E-state index contributed by atoms with van der Waals surface area (Å²) in [5.74, 6) is 0.746. The predicted octanol–water partition coefficient (Wildman–Crippen LogP) is 7.33. The molecule has 0 fully saturated rings. The molecule has 2 atom stereocenters. The number of nitrogens with zero attached hydrogens (tertiary/aromatic N) is 1. The summed E-state index contributed by atoms with van der Waals surface area (Å²) >= 11 is 16.0. The van der Waals surface area contributed by atoms with Crippen LogP contribution >= 0.6 is 39.1 Å². The van der Waals surface area contributed by atoms with Gasteiger partial charge in [0.2, 0.25) is 5.90 Å². The number of carbonyl (C=O) groups excluding carboxylic acids is 1. The van der Waals surface area contributed by atoms with Crippen molar-refractivity contribution in [2.24, 2.45) is 4.99 Å². The molecule has 42 heavy (non-hydrogen) atoms. The molecule has 5 rings (SSSR count). The minimum absolute atomic E-state index is 0.0658. The topological polar surface area (TPSA) is 80.2 Å². The molecule has 0 radical (unpaired) electrons. The second kappa shape index (κ2) is 13.7. The highest BCUT2D eigenvalue weighted by Crippen LogP contribution is 2.42. The Hall–Kier alpha value is -3.36. The minimum Gasteiger partial charge on any atom is -0.494 e. The largest absolute Gasteiger partial charge is 0.494 e. The Kier molecular flexibility index (Phi) is 9.85. The van der Waals surface area contributed by atoms with Crippen molar-refractivity contribution in [2.45, 2.75) is 31.0 Å². The summed E-state index contributed by atoms with van der Waals surface area (Å²) in [4.78, 5) is 19.4. The lowest BCUT2D eigenvalue weighted by atomic mass is 9.82. The van der Waals surface area contributed by atoms with Crippen LogP contribution in [0.25, 0.3) is 0 Å². The van der Waals surface area contributed by atoms with Gasteiger partial charge in [-0.25, -0.2) is 4.99 Å². The Morgan fingerprint density at radius 3 is 2.43 bits per heavy atom. The van der Waals surface area contributed by atoms with E-state index >= 15 is 0 Å². The number of nitrogens with one attached hydrogen (secondary N) is 1. The molecule has 4 aromatic rings. The van der Waals surface area contributed by atoms with E-state index in [0.29, 0.717) is 41.1 Å². The van der Waals surface area contributed by atoms with Crippen LogP contribution in [0.2, 0.25) is 10.0 Å². The van der Waals surface area contributed by atoms with E-state index in [0.717, 1.165) is 26.7 Å². The molecule has 1 aliphatic heterocycles.